The lowest BCUT2D eigenvalue weighted by atomic mass is 10.0. The third-order valence-corrected chi connectivity index (χ3v) is 5.28. The number of hydrogen-bond acceptors (Lipinski definition) is 6. The Morgan fingerprint density at radius 1 is 0.879 bits per heavy atom. The van der Waals surface area contributed by atoms with E-state index in [4.69, 9.17) is 17.3 Å². The molecule has 0 saturated carbocycles. The lowest BCUT2D eigenvalue weighted by molar-refractivity contribution is 0.0935. The van der Waals surface area contributed by atoms with Crippen LogP contribution in [0.25, 0.3) is 22.5 Å². The van der Waals surface area contributed by atoms with Gasteiger partial charge in [-0.1, -0.05) is 48.0 Å². The molecule has 0 aliphatic rings. The number of carbonyl (C=O) groups is 1. The van der Waals surface area contributed by atoms with Crippen LogP contribution in [0.4, 0.5) is 5.82 Å². The highest BCUT2D eigenvalue weighted by atomic mass is 35.5. The number of nitrogens with two attached hydrogens (primary N) is 1. The molecule has 0 aliphatic carbocycles. The molecule has 0 radical (unpaired) electrons. The first-order valence-corrected chi connectivity index (χ1v) is 10.8. The van der Waals surface area contributed by atoms with Gasteiger partial charge in [-0.3, -0.25) is 9.78 Å². The molecule has 0 spiro atoms. The van der Waals surface area contributed by atoms with E-state index >= 15 is 0 Å². The largest absolute Gasteiger partial charge is 0.382 e. The fourth-order valence-electron chi connectivity index (χ4n) is 3.52. The van der Waals surface area contributed by atoms with E-state index in [1.165, 1.54) is 0 Å². The summed E-state index contributed by atoms with van der Waals surface area (Å²) in [5.41, 5.74) is 11.2. The normalized spacial score (nSPS) is 11.8. The molecule has 3 heterocycles. The van der Waals surface area contributed by atoms with E-state index in [0.717, 1.165) is 22.6 Å². The number of hydrogen-bond donors (Lipinski definition) is 2. The van der Waals surface area contributed by atoms with Crippen molar-refractivity contribution in [2.75, 3.05) is 5.73 Å². The van der Waals surface area contributed by atoms with Gasteiger partial charge in [-0.2, -0.15) is 0 Å². The summed E-state index contributed by atoms with van der Waals surface area (Å²) in [4.78, 5) is 31.1. The third kappa shape index (κ3) is 4.99. The monoisotopic (exact) mass is 458 g/mol. The predicted octanol–water partition coefficient (Wildman–Crippen LogP) is 4.94. The Kier molecular flexibility index (Phi) is 6.33. The molecular formula is C25H23ClN6O. The van der Waals surface area contributed by atoms with E-state index in [2.05, 4.69) is 25.3 Å². The topological polar surface area (TPSA) is 107 Å². The van der Waals surface area contributed by atoms with Crippen LogP contribution in [-0.4, -0.2) is 25.8 Å². The van der Waals surface area contributed by atoms with Gasteiger partial charge in [-0.15, -0.1) is 0 Å². The number of aromatic nitrogens is 4. The first-order chi connectivity index (χ1) is 15.8. The highest BCUT2D eigenvalue weighted by Gasteiger charge is 2.22. The Labute approximate surface area is 197 Å². The van der Waals surface area contributed by atoms with Crippen molar-refractivity contribution in [2.24, 2.45) is 0 Å². The molecular weight excluding hydrogens is 436 g/mol. The van der Waals surface area contributed by atoms with Crippen molar-refractivity contribution in [1.82, 2.24) is 25.3 Å². The van der Waals surface area contributed by atoms with Crippen molar-refractivity contribution in [2.45, 2.75) is 26.8 Å². The van der Waals surface area contributed by atoms with Crippen LogP contribution >= 0.6 is 11.6 Å². The molecule has 33 heavy (non-hydrogen) atoms. The van der Waals surface area contributed by atoms with Crippen molar-refractivity contribution >= 4 is 23.3 Å². The van der Waals surface area contributed by atoms with E-state index in [0.29, 0.717) is 22.1 Å². The number of aryl methyl sites for hydroxylation is 2. The van der Waals surface area contributed by atoms with E-state index in [1.54, 1.807) is 6.07 Å². The molecule has 0 saturated heterocycles. The van der Waals surface area contributed by atoms with Crippen molar-refractivity contribution in [1.29, 1.82) is 0 Å². The summed E-state index contributed by atoms with van der Waals surface area (Å²) in [5, 5.41) is 3.25. The highest BCUT2D eigenvalue weighted by Crippen LogP contribution is 2.32. The van der Waals surface area contributed by atoms with Gasteiger partial charge in [0.05, 0.1) is 23.1 Å². The van der Waals surface area contributed by atoms with Crippen LogP contribution in [0.15, 0.2) is 60.7 Å². The quantitative estimate of drug-likeness (QED) is 0.410. The van der Waals surface area contributed by atoms with Gasteiger partial charge in [0.1, 0.15) is 5.15 Å². The Hall–Kier alpha value is -3.84. The molecule has 4 aromatic rings. The summed E-state index contributed by atoms with van der Waals surface area (Å²) in [7, 11) is 0. The number of benzene rings is 1. The molecule has 4 rings (SSSR count). The zero-order chi connectivity index (χ0) is 23.5. The standard InChI is InChI=1S/C25H23ClN6O/c1-14-8-7-11-19(28-14)16(3)30-25(33)23-24(27)32-21(17-9-5-4-6-10-17)22(31-23)18-12-15(2)29-20(26)13-18/h4-13,16H,1-3H3,(H2,27,32)(H,30,33). The van der Waals surface area contributed by atoms with Crippen LogP contribution in [-0.2, 0) is 0 Å². The van der Waals surface area contributed by atoms with Crippen LogP contribution < -0.4 is 11.1 Å². The Bertz CT molecular complexity index is 1310. The maximum Gasteiger partial charge on any atom is 0.274 e. The predicted molar refractivity (Wildman–Crippen MR) is 130 cm³/mol. The van der Waals surface area contributed by atoms with Gasteiger partial charge in [0.25, 0.3) is 5.91 Å². The first-order valence-electron chi connectivity index (χ1n) is 10.4. The number of amides is 1. The Morgan fingerprint density at radius 3 is 2.30 bits per heavy atom. The molecule has 7 nitrogen and oxygen atoms in total. The molecule has 1 amide bonds. The van der Waals surface area contributed by atoms with Crippen LogP contribution in [0.2, 0.25) is 5.15 Å². The van der Waals surface area contributed by atoms with E-state index < -0.39 is 5.91 Å². The number of anilines is 1. The van der Waals surface area contributed by atoms with Crippen molar-refractivity contribution in [3.8, 4) is 22.5 Å². The SMILES string of the molecule is Cc1cc(-c2nc(C(=O)NC(C)c3cccc(C)n3)c(N)nc2-c2ccccc2)cc(Cl)n1. The van der Waals surface area contributed by atoms with Gasteiger partial charge in [0, 0.05) is 22.5 Å². The van der Waals surface area contributed by atoms with Crippen molar-refractivity contribution in [3.63, 3.8) is 0 Å². The summed E-state index contributed by atoms with van der Waals surface area (Å²) in [6.07, 6.45) is 0. The zero-order valence-corrected chi connectivity index (χ0v) is 19.3. The second-order valence-electron chi connectivity index (χ2n) is 7.74. The molecule has 0 fully saturated rings. The minimum Gasteiger partial charge on any atom is -0.382 e. The van der Waals surface area contributed by atoms with E-state index in [-0.39, 0.29) is 17.6 Å². The molecule has 1 aromatic carbocycles. The maximum atomic E-state index is 13.1. The Morgan fingerprint density at radius 2 is 1.61 bits per heavy atom. The molecule has 8 heteroatoms. The van der Waals surface area contributed by atoms with Crippen molar-refractivity contribution in [3.05, 3.63) is 88.6 Å². The van der Waals surface area contributed by atoms with Crippen LogP contribution in [0.5, 0.6) is 0 Å². The molecule has 0 aliphatic heterocycles. The van der Waals surface area contributed by atoms with Gasteiger partial charge >= 0.3 is 0 Å². The minimum atomic E-state index is -0.437. The molecule has 0 bridgehead atoms. The van der Waals surface area contributed by atoms with Gasteiger partial charge in [-0.05, 0) is 45.0 Å². The number of nitrogens with zero attached hydrogens (tertiary/aromatic N) is 4. The summed E-state index contributed by atoms with van der Waals surface area (Å²) in [5.74, 6) is -0.398. The molecule has 166 valence electrons. The number of nitrogens with one attached hydrogen (secondary N) is 1. The first kappa shape index (κ1) is 22.4. The average Bonchev–Trinajstić information content (AvgIpc) is 2.78. The van der Waals surface area contributed by atoms with Gasteiger partial charge in [0.2, 0.25) is 0 Å². The number of nitrogen functional groups attached to an aromatic ring is 1. The number of carbonyl (C=O) groups excluding carboxylic acids is 1. The number of rotatable bonds is 5. The lowest BCUT2D eigenvalue weighted by Gasteiger charge is -2.16. The summed E-state index contributed by atoms with van der Waals surface area (Å²) in [6.45, 7) is 5.60. The summed E-state index contributed by atoms with van der Waals surface area (Å²) < 4.78 is 0. The fraction of sp³-hybridized carbons (Fsp3) is 0.160. The second kappa shape index (κ2) is 9.34. The van der Waals surface area contributed by atoms with Crippen molar-refractivity contribution < 1.29 is 4.79 Å². The summed E-state index contributed by atoms with van der Waals surface area (Å²) in [6, 6.07) is 18.4. The second-order valence-corrected chi connectivity index (χ2v) is 8.13. The van der Waals surface area contributed by atoms with Gasteiger partial charge < -0.3 is 11.1 Å². The molecule has 3 aromatic heterocycles. The molecule has 3 N–H and O–H groups in total. The van der Waals surface area contributed by atoms with E-state index in [9.17, 15) is 4.79 Å². The number of pyridine rings is 2. The fourth-order valence-corrected chi connectivity index (χ4v) is 3.77. The summed E-state index contributed by atoms with van der Waals surface area (Å²) >= 11 is 6.21. The third-order valence-electron chi connectivity index (χ3n) is 5.08. The lowest BCUT2D eigenvalue weighted by Crippen LogP contribution is -2.29. The molecule has 1 unspecified atom stereocenters. The van der Waals surface area contributed by atoms with Crippen LogP contribution in [0, 0.1) is 13.8 Å². The van der Waals surface area contributed by atoms with Gasteiger partial charge in [0.15, 0.2) is 11.5 Å². The zero-order valence-electron chi connectivity index (χ0n) is 18.5. The average molecular weight is 459 g/mol. The smallest absolute Gasteiger partial charge is 0.274 e. The van der Waals surface area contributed by atoms with Gasteiger partial charge in [-0.25, -0.2) is 15.0 Å². The maximum absolute atomic E-state index is 13.1. The highest BCUT2D eigenvalue weighted by molar-refractivity contribution is 6.29. The van der Waals surface area contributed by atoms with Crippen LogP contribution in [0.1, 0.15) is 40.5 Å². The number of halogens is 1. The van der Waals surface area contributed by atoms with Crippen LogP contribution in [0.3, 0.4) is 0 Å². The Balaban J connectivity index is 1.79. The molecule has 1 atom stereocenters. The van der Waals surface area contributed by atoms with E-state index in [1.807, 2.05) is 75.4 Å². The minimum absolute atomic E-state index is 0.0368.